The number of thiophene rings is 1. The molecule has 5 rings (SSSR count). The number of hydrogen-bond donors (Lipinski definition) is 3. The molecule has 3 heterocycles. The van der Waals surface area contributed by atoms with Crippen LogP contribution in [0.2, 0.25) is 0 Å². The lowest BCUT2D eigenvalue weighted by Crippen LogP contribution is -2.19. The van der Waals surface area contributed by atoms with Crippen molar-refractivity contribution in [1.82, 2.24) is 9.97 Å². The van der Waals surface area contributed by atoms with Gasteiger partial charge in [0, 0.05) is 46.7 Å². The van der Waals surface area contributed by atoms with E-state index in [9.17, 15) is 9.59 Å². The van der Waals surface area contributed by atoms with Crippen LogP contribution in [-0.2, 0) is 6.42 Å². The fourth-order valence-corrected chi connectivity index (χ4v) is 5.11. The topological polar surface area (TPSA) is 96.0 Å². The fourth-order valence-electron chi connectivity index (χ4n) is 3.67. The zero-order chi connectivity index (χ0) is 25.6. The molecule has 0 aliphatic heterocycles. The number of carbonyl (C=O) groups excluding carboxylic acids is 2. The molecule has 3 amide bonds. The van der Waals surface area contributed by atoms with Gasteiger partial charge >= 0.3 is 6.03 Å². The Bertz CT molecular complexity index is 1510. The van der Waals surface area contributed by atoms with Crippen LogP contribution in [0.1, 0.15) is 26.5 Å². The lowest BCUT2D eigenvalue weighted by atomic mass is 10.0. The number of carbonyl (C=O) groups is 2. The zero-order valence-corrected chi connectivity index (χ0v) is 21.5. The van der Waals surface area contributed by atoms with E-state index in [0.717, 1.165) is 32.4 Å². The van der Waals surface area contributed by atoms with Crippen molar-refractivity contribution >= 4 is 51.0 Å². The summed E-state index contributed by atoms with van der Waals surface area (Å²) < 4.78 is 0. The highest BCUT2D eigenvalue weighted by molar-refractivity contribution is 7.14. The summed E-state index contributed by atoms with van der Waals surface area (Å²) in [4.78, 5) is 33.9. The van der Waals surface area contributed by atoms with E-state index < -0.39 is 0 Å². The van der Waals surface area contributed by atoms with Crippen molar-refractivity contribution < 1.29 is 9.59 Å². The predicted octanol–water partition coefficient (Wildman–Crippen LogP) is 7.06. The Labute approximate surface area is 222 Å². The average Bonchev–Trinajstić information content (AvgIpc) is 3.59. The molecule has 0 bridgehead atoms. The molecule has 9 heteroatoms. The van der Waals surface area contributed by atoms with Gasteiger partial charge in [0.25, 0.3) is 5.91 Å². The molecule has 0 saturated heterocycles. The standard InChI is InChI=1S/C28H23N5O2S2/c1-18-6-9-23(14-21(18)15-26-32-24(17-37-26)20-4-2-12-29-16-20)30-27(34)19-7-10-22(11-8-19)31-28(35)33-25-5-3-13-36-25/h2-14,16-17H,15H2,1H3,(H,30,34)(H2,31,33,35). The molecular formula is C28H23N5O2S2. The first kappa shape index (κ1) is 24.4. The highest BCUT2D eigenvalue weighted by Gasteiger charge is 2.11. The maximum absolute atomic E-state index is 12.8. The van der Waals surface area contributed by atoms with E-state index in [4.69, 9.17) is 4.98 Å². The minimum Gasteiger partial charge on any atom is -0.322 e. The zero-order valence-electron chi connectivity index (χ0n) is 19.9. The van der Waals surface area contributed by atoms with Crippen LogP contribution in [0.4, 0.5) is 21.2 Å². The van der Waals surface area contributed by atoms with Crippen molar-refractivity contribution in [2.45, 2.75) is 13.3 Å². The molecule has 0 fully saturated rings. The molecule has 0 aliphatic rings. The Morgan fingerprint density at radius 2 is 1.73 bits per heavy atom. The lowest BCUT2D eigenvalue weighted by Gasteiger charge is -2.10. The third-order valence-corrected chi connectivity index (χ3v) is 7.25. The van der Waals surface area contributed by atoms with Crippen molar-refractivity contribution in [3.05, 3.63) is 112 Å². The SMILES string of the molecule is Cc1ccc(NC(=O)c2ccc(NC(=O)Nc3cccs3)cc2)cc1Cc1nc(-c2cccnc2)cs1. The van der Waals surface area contributed by atoms with Crippen LogP contribution in [0.15, 0.2) is 89.9 Å². The summed E-state index contributed by atoms with van der Waals surface area (Å²) in [5, 5.41) is 14.2. The maximum atomic E-state index is 12.8. The molecular weight excluding hydrogens is 502 g/mol. The molecule has 2 aromatic carbocycles. The summed E-state index contributed by atoms with van der Waals surface area (Å²) in [6, 6.07) is 19.9. The van der Waals surface area contributed by atoms with Crippen molar-refractivity contribution in [1.29, 1.82) is 0 Å². The highest BCUT2D eigenvalue weighted by Crippen LogP contribution is 2.25. The second-order valence-corrected chi connectivity index (χ2v) is 10.2. The molecule has 7 nitrogen and oxygen atoms in total. The number of nitrogens with one attached hydrogen (secondary N) is 3. The van der Waals surface area contributed by atoms with Crippen LogP contribution in [0.25, 0.3) is 11.3 Å². The molecule has 184 valence electrons. The number of nitrogens with zero attached hydrogens (tertiary/aromatic N) is 2. The molecule has 3 N–H and O–H groups in total. The van der Waals surface area contributed by atoms with Crippen molar-refractivity contribution in [2.75, 3.05) is 16.0 Å². The normalized spacial score (nSPS) is 10.6. The molecule has 0 spiro atoms. The quantitative estimate of drug-likeness (QED) is 0.212. The molecule has 0 radical (unpaired) electrons. The molecule has 37 heavy (non-hydrogen) atoms. The lowest BCUT2D eigenvalue weighted by molar-refractivity contribution is 0.102. The number of aryl methyl sites for hydroxylation is 1. The minimum atomic E-state index is -0.334. The fraction of sp³-hybridized carbons (Fsp3) is 0.0714. The minimum absolute atomic E-state index is 0.225. The van der Waals surface area contributed by atoms with Gasteiger partial charge < -0.3 is 10.6 Å². The summed E-state index contributed by atoms with van der Waals surface area (Å²) in [5.74, 6) is -0.225. The van der Waals surface area contributed by atoms with E-state index in [1.54, 1.807) is 41.8 Å². The summed E-state index contributed by atoms with van der Waals surface area (Å²) in [5.41, 5.74) is 5.94. The second-order valence-electron chi connectivity index (χ2n) is 8.27. The first-order chi connectivity index (χ1) is 18.0. The third-order valence-electron chi connectivity index (χ3n) is 5.62. The van der Waals surface area contributed by atoms with Crippen LogP contribution in [-0.4, -0.2) is 21.9 Å². The van der Waals surface area contributed by atoms with Gasteiger partial charge in [-0.1, -0.05) is 6.07 Å². The number of benzene rings is 2. The summed E-state index contributed by atoms with van der Waals surface area (Å²) in [7, 11) is 0. The first-order valence-electron chi connectivity index (χ1n) is 11.5. The van der Waals surface area contributed by atoms with E-state index in [1.807, 2.05) is 59.4 Å². The Morgan fingerprint density at radius 1 is 0.892 bits per heavy atom. The number of thiazole rings is 1. The molecule has 0 saturated carbocycles. The van der Waals surface area contributed by atoms with Crippen LogP contribution >= 0.6 is 22.7 Å². The maximum Gasteiger partial charge on any atom is 0.324 e. The monoisotopic (exact) mass is 525 g/mol. The Kier molecular flexibility index (Phi) is 7.34. The van der Waals surface area contributed by atoms with Crippen LogP contribution in [0.5, 0.6) is 0 Å². The van der Waals surface area contributed by atoms with E-state index in [-0.39, 0.29) is 11.9 Å². The van der Waals surface area contributed by atoms with Gasteiger partial charge in [-0.15, -0.1) is 22.7 Å². The Balaban J connectivity index is 1.21. The van der Waals surface area contributed by atoms with Crippen LogP contribution in [0, 0.1) is 6.92 Å². The van der Waals surface area contributed by atoms with Crippen LogP contribution < -0.4 is 16.0 Å². The van der Waals surface area contributed by atoms with E-state index in [1.165, 1.54) is 11.3 Å². The van der Waals surface area contributed by atoms with Gasteiger partial charge in [0.1, 0.15) is 0 Å². The van der Waals surface area contributed by atoms with Gasteiger partial charge in [0.15, 0.2) is 0 Å². The Hall–Kier alpha value is -4.34. The van der Waals surface area contributed by atoms with Crippen molar-refractivity contribution in [3.63, 3.8) is 0 Å². The van der Waals surface area contributed by atoms with Gasteiger partial charge in [0.2, 0.25) is 0 Å². The average molecular weight is 526 g/mol. The van der Waals surface area contributed by atoms with Gasteiger partial charge in [-0.25, -0.2) is 9.78 Å². The number of pyridine rings is 1. The molecule has 5 aromatic rings. The number of amides is 3. The molecule has 0 unspecified atom stereocenters. The largest absolute Gasteiger partial charge is 0.324 e. The van der Waals surface area contributed by atoms with Crippen LogP contribution in [0.3, 0.4) is 0 Å². The van der Waals surface area contributed by atoms with Crippen molar-refractivity contribution in [3.8, 4) is 11.3 Å². The smallest absolute Gasteiger partial charge is 0.322 e. The van der Waals surface area contributed by atoms with Crippen molar-refractivity contribution in [2.24, 2.45) is 0 Å². The number of hydrogen-bond acceptors (Lipinski definition) is 6. The highest BCUT2D eigenvalue weighted by atomic mass is 32.1. The number of aromatic nitrogens is 2. The molecule has 0 atom stereocenters. The molecule has 3 aromatic heterocycles. The van der Waals surface area contributed by atoms with E-state index in [0.29, 0.717) is 23.4 Å². The summed E-state index contributed by atoms with van der Waals surface area (Å²) in [6.07, 6.45) is 4.23. The van der Waals surface area contributed by atoms with E-state index in [2.05, 4.69) is 27.9 Å². The predicted molar refractivity (Wildman–Crippen MR) is 151 cm³/mol. The number of rotatable bonds is 7. The number of urea groups is 1. The summed E-state index contributed by atoms with van der Waals surface area (Å²) in [6.45, 7) is 2.05. The summed E-state index contributed by atoms with van der Waals surface area (Å²) >= 11 is 3.05. The first-order valence-corrected chi connectivity index (χ1v) is 13.3. The second kappa shape index (κ2) is 11.2. The van der Waals surface area contributed by atoms with Gasteiger partial charge in [0.05, 0.1) is 15.7 Å². The van der Waals surface area contributed by atoms with Gasteiger partial charge in [-0.3, -0.25) is 15.1 Å². The molecule has 0 aliphatic carbocycles. The van der Waals surface area contributed by atoms with Gasteiger partial charge in [-0.05, 0) is 84.1 Å². The van der Waals surface area contributed by atoms with E-state index >= 15 is 0 Å². The third kappa shape index (κ3) is 6.27. The van der Waals surface area contributed by atoms with Gasteiger partial charge in [-0.2, -0.15) is 0 Å². The Morgan fingerprint density at radius 3 is 2.49 bits per heavy atom. The number of anilines is 3.